The summed E-state index contributed by atoms with van der Waals surface area (Å²) in [5, 5.41) is 11.6. The van der Waals surface area contributed by atoms with Gasteiger partial charge in [0, 0.05) is 19.3 Å². The summed E-state index contributed by atoms with van der Waals surface area (Å²) < 4.78 is 17.0. The Morgan fingerprint density at radius 2 is 0.982 bits per heavy atom. The smallest absolute Gasteiger partial charge is 0.306 e. The highest BCUT2D eigenvalue weighted by Gasteiger charge is 2.25. The van der Waals surface area contributed by atoms with E-state index in [-0.39, 0.29) is 55.5 Å². The Bertz CT molecular complexity index is 1280. The van der Waals surface area contributed by atoms with Gasteiger partial charge in [0.1, 0.15) is 12.6 Å². The van der Waals surface area contributed by atoms with E-state index in [4.69, 9.17) is 14.2 Å². The van der Waals surface area contributed by atoms with Crippen molar-refractivity contribution in [3.8, 4) is 0 Å². The van der Waals surface area contributed by atoms with Crippen LogP contribution in [0.4, 0.5) is 0 Å². The Morgan fingerprint density at radius 1 is 0.536 bits per heavy atom. The summed E-state index contributed by atoms with van der Waals surface area (Å²) in [4.78, 5) is 36.7. The van der Waals surface area contributed by atoms with Gasteiger partial charge in [-0.1, -0.05) is 130 Å². The van der Waals surface area contributed by atoms with Crippen molar-refractivity contribution in [2.75, 3.05) is 41.0 Å². The molecule has 0 aromatic heterocycles. The lowest BCUT2D eigenvalue weighted by atomic mass is 10.1. The molecule has 0 N–H and O–H groups in total. The number of likely N-dealkylation sites (N-methyl/N-ethyl adjacent to an activating group) is 1. The van der Waals surface area contributed by atoms with Crippen molar-refractivity contribution in [2.24, 2.45) is 0 Å². The van der Waals surface area contributed by atoms with Crippen LogP contribution >= 0.6 is 0 Å². The number of carboxylic acids is 1. The topological polar surface area (TPSA) is 102 Å². The molecule has 0 saturated carbocycles. The number of nitrogens with zero attached hydrogens (tertiary/aromatic N) is 1. The lowest BCUT2D eigenvalue weighted by Crippen LogP contribution is -2.55. The Kier molecular flexibility index (Phi) is 35.2. The molecule has 0 rings (SSSR count). The third kappa shape index (κ3) is 35.7. The van der Waals surface area contributed by atoms with Crippen molar-refractivity contribution in [1.29, 1.82) is 0 Å². The molecule has 0 aliphatic heterocycles. The zero-order chi connectivity index (χ0) is 41.4. The van der Waals surface area contributed by atoms with Crippen molar-refractivity contribution >= 4 is 17.9 Å². The van der Waals surface area contributed by atoms with Gasteiger partial charge in [0.15, 0.2) is 6.10 Å². The predicted octanol–water partition coefficient (Wildman–Crippen LogP) is 9.96. The molecule has 0 aliphatic rings. The van der Waals surface area contributed by atoms with Gasteiger partial charge in [-0.05, 0) is 83.5 Å². The first-order valence-electron chi connectivity index (χ1n) is 20.9. The number of ether oxygens (including phenoxy) is 3. The summed E-state index contributed by atoms with van der Waals surface area (Å²) in [6, 6.07) is -0.748. The summed E-state index contributed by atoms with van der Waals surface area (Å²) >= 11 is 0. The summed E-state index contributed by atoms with van der Waals surface area (Å²) in [6.07, 6.45) is 51.3. The van der Waals surface area contributed by atoms with Crippen LogP contribution in [0.5, 0.6) is 0 Å². The van der Waals surface area contributed by atoms with Gasteiger partial charge in [-0.15, -0.1) is 0 Å². The van der Waals surface area contributed by atoms with E-state index in [1.54, 1.807) is 21.1 Å². The molecular formula is C48H75NO7. The number of carbonyl (C=O) groups is 3. The molecule has 0 saturated heterocycles. The Morgan fingerprint density at radius 3 is 1.43 bits per heavy atom. The first kappa shape index (κ1) is 52.0. The molecule has 314 valence electrons. The van der Waals surface area contributed by atoms with E-state index in [1.165, 1.54) is 0 Å². The highest BCUT2D eigenvalue weighted by Crippen LogP contribution is 2.10. The van der Waals surface area contributed by atoms with Gasteiger partial charge < -0.3 is 28.6 Å². The number of carbonyl (C=O) groups excluding carboxylic acids is 3. The molecule has 0 amide bonds. The van der Waals surface area contributed by atoms with Crippen LogP contribution in [0, 0.1) is 0 Å². The summed E-state index contributed by atoms with van der Waals surface area (Å²) in [5.74, 6) is -1.90. The third-order valence-electron chi connectivity index (χ3n) is 8.42. The molecule has 0 heterocycles. The molecule has 0 aliphatic carbocycles. The van der Waals surface area contributed by atoms with Crippen LogP contribution in [0.25, 0.3) is 0 Å². The van der Waals surface area contributed by atoms with Crippen LogP contribution in [-0.2, 0) is 28.6 Å². The van der Waals surface area contributed by atoms with Crippen LogP contribution < -0.4 is 5.11 Å². The summed E-state index contributed by atoms with van der Waals surface area (Å²) in [6.45, 7) is 4.28. The van der Waals surface area contributed by atoms with Crippen LogP contribution in [0.3, 0.4) is 0 Å². The fourth-order valence-corrected chi connectivity index (χ4v) is 5.23. The monoisotopic (exact) mass is 778 g/mol. The maximum atomic E-state index is 12.7. The number of carboxylic acid groups (broad SMARTS) is 1. The second-order valence-electron chi connectivity index (χ2n) is 14.5. The van der Waals surface area contributed by atoms with Crippen LogP contribution in [0.15, 0.2) is 109 Å². The molecule has 2 unspecified atom stereocenters. The van der Waals surface area contributed by atoms with Gasteiger partial charge in [0.25, 0.3) is 0 Å². The molecule has 0 aromatic rings. The molecule has 0 radical (unpaired) electrons. The van der Waals surface area contributed by atoms with E-state index < -0.39 is 18.1 Å². The number of aliphatic carboxylic acids is 1. The highest BCUT2D eigenvalue weighted by molar-refractivity contribution is 5.70. The number of allylic oxidation sites excluding steroid dienone is 18. The van der Waals surface area contributed by atoms with E-state index in [0.29, 0.717) is 12.8 Å². The first-order valence-corrected chi connectivity index (χ1v) is 20.9. The van der Waals surface area contributed by atoms with Crippen molar-refractivity contribution in [3.05, 3.63) is 109 Å². The van der Waals surface area contributed by atoms with E-state index in [9.17, 15) is 19.5 Å². The number of unbranched alkanes of at least 4 members (excludes halogenated alkanes) is 3. The molecule has 0 fully saturated rings. The van der Waals surface area contributed by atoms with Crippen LogP contribution in [-0.4, -0.2) is 75.5 Å². The molecule has 2 atom stereocenters. The summed E-state index contributed by atoms with van der Waals surface area (Å²) in [7, 11) is 5.35. The second kappa shape index (κ2) is 37.9. The van der Waals surface area contributed by atoms with Crippen molar-refractivity contribution < 1.29 is 38.2 Å². The Hall–Kier alpha value is -4.01. The minimum atomic E-state index is -1.15. The van der Waals surface area contributed by atoms with E-state index in [0.717, 1.165) is 77.0 Å². The van der Waals surface area contributed by atoms with Crippen LogP contribution in [0.2, 0.25) is 0 Å². The van der Waals surface area contributed by atoms with Gasteiger partial charge in [-0.2, -0.15) is 0 Å². The fraction of sp³-hybridized carbons (Fsp3) is 0.562. The minimum absolute atomic E-state index is 0.00311. The highest BCUT2D eigenvalue weighted by atomic mass is 16.6. The average molecular weight is 778 g/mol. The number of hydrogen-bond donors (Lipinski definition) is 0. The average Bonchev–Trinajstić information content (AvgIpc) is 3.15. The molecule has 8 nitrogen and oxygen atoms in total. The van der Waals surface area contributed by atoms with Crippen molar-refractivity contribution in [3.63, 3.8) is 0 Å². The van der Waals surface area contributed by atoms with Gasteiger partial charge >= 0.3 is 11.9 Å². The Balaban J connectivity index is 4.55. The SMILES string of the molecule is CC/C=C\C/C=C\C/C=C\C/C=C\C/C=C\CCCCCC(=O)OC(COCCC(C(=O)[O-])[N+](C)(C)C)COC(=O)CC/C=C\C/C=C\C/C=C\C/C=C\CC. The second-order valence-corrected chi connectivity index (χ2v) is 14.5. The largest absolute Gasteiger partial charge is 0.544 e. The zero-order valence-corrected chi connectivity index (χ0v) is 35.5. The standard InChI is InChI=1S/C48H75NO7/c1-6-8-10-12-14-16-18-20-21-22-23-24-25-27-29-31-33-35-37-39-47(51)56-44(42-54-41-40-45(48(52)53)49(3,4)5)43-55-46(50)38-36-34-32-30-28-26-19-17-15-13-11-9-7-2/h8-11,14-17,20-21,23-24,26-29,32,34,44-45H,6-7,12-13,18-19,22,25,30-31,33,35-43H2,1-5H3/b10-8-,11-9-,16-14-,17-15-,21-20-,24-23-,28-26-,29-27-,34-32-. The van der Waals surface area contributed by atoms with Gasteiger partial charge in [0.2, 0.25) is 0 Å². The van der Waals surface area contributed by atoms with Gasteiger partial charge in [0.05, 0.1) is 40.3 Å². The van der Waals surface area contributed by atoms with Crippen molar-refractivity contribution in [1.82, 2.24) is 0 Å². The lowest BCUT2D eigenvalue weighted by Gasteiger charge is -2.34. The number of rotatable bonds is 35. The molecule has 56 heavy (non-hydrogen) atoms. The minimum Gasteiger partial charge on any atom is -0.544 e. The molecule has 0 bridgehead atoms. The molecule has 0 aromatic carbocycles. The van der Waals surface area contributed by atoms with Crippen molar-refractivity contribution in [2.45, 2.75) is 135 Å². The zero-order valence-electron chi connectivity index (χ0n) is 35.5. The van der Waals surface area contributed by atoms with E-state index in [2.05, 4.69) is 111 Å². The summed E-state index contributed by atoms with van der Waals surface area (Å²) in [5.41, 5.74) is 0. The lowest BCUT2D eigenvalue weighted by molar-refractivity contribution is -0.889. The number of esters is 2. The molecule has 0 spiro atoms. The quantitative estimate of drug-likeness (QED) is 0.0273. The number of quaternary nitrogens is 1. The normalized spacial score (nSPS) is 14.1. The first-order chi connectivity index (χ1) is 27.1. The van der Waals surface area contributed by atoms with Gasteiger partial charge in [-0.3, -0.25) is 9.59 Å². The van der Waals surface area contributed by atoms with E-state index >= 15 is 0 Å². The molecule has 8 heteroatoms. The van der Waals surface area contributed by atoms with E-state index in [1.807, 2.05) is 12.2 Å². The van der Waals surface area contributed by atoms with Gasteiger partial charge in [-0.25, -0.2) is 0 Å². The fourth-order valence-electron chi connectivity index (χ4n) is 5.23. The number of hydrogen-bond acceptors (Lipinski definition) is 7. The third-order valence-corrected chi connectivity index (χ3v) is 8.42. The maximum Gasteiger partial charge on any atom is 0.306 e. The predicted molar refractivity (Wildman–Crippen MR) is 231 cm³/mol. The maximum absolute atomic E-state index is 12.7. The molecular weight excluding hydrogens is 703 g/mol. The van der Waals surface area contributed by atoms with Crippen LogP contribution in [0.1, 0.15) is 123 Å². The Labute approximate surface area is 340 Å².